The minimum absolute atomic E-state index is 0.407. The lowest BCUT2D eigenvalue weighted by Gasteiger charge is -2.10. The highest BCUT2D eigenvalue weighted by molar-refractivity contribution is 5.04. The van der Waals surface area contributed by atoms with E-state index < -0.39 is 12.1 Å². The Kier molecular flexibility index (Phi) is 2.09. The van der Waals surface area contributed by atoms with Crippen molar-refractivity contribution >= 4 is 0 Å². The molecule has 0 fully saturated rings. The standard InChI is InChI=1S/C7H11NO2/c1-5(9)7(8)6-3-2-4-10-6/h2-5,7,9H,8H2,1H3/t5-,7-/m1/s1. The van der Waals surface area contributed by atoms with Gasteiger partial charge >= 0.3 is 0 Å². The average Bonchev–Trinajstić information content (AvgIpc) is 2.36. The normalized spacial score (nSPS) is 16.7. The fraction of sp³-hybridized carbons (Fsp3) is 0.429. The summed E-state index contributed by atoms with van der Waals surface area (Å²) in [6.45, 7) is 1.63. The molecule has 0 spiro atoms. The molecule has 3 N–H and O–H groups in total. The van der Waals surface area contributed by atoms with Crippen molar-refractivity contribution in [2.24, 2.45) is 5.73 Å². The molecule has 0 bridgehead atoms. The molecule has 1 rings (SSSR count). The number of hydrogen-bond acceptors (Lipinski definition) is 3. The molecule has 0 unspecified atom stereocenters. The van der Waals surface area contributed by atoms with E-state index in [-0.39, 0.29) is 0 Å². The first kappa shape index (κ1) is 7.31. The van der Waals surface area contributed by atoms with Crippen LogP contribution in [-0.2, 0) is 0 Å². The monoisotopic (exact) mass is 141 g/mol. The van der Waals surface area contributed by atoms with E-state index in [1.54, 1.807) is 19.1 Å². The Balaban J connectivity index is 2.68. The molecule has 0 aliphatic carbocycles. The number of rotatable bonds is 2. The van der Waals surface area contributed by atoms with Gasteiger partial charge in [0.1, 0.15) is 5.76 Å². The molecule has 0 saturated carbocycles. The van der Waals surface area contributed by atoms with Crippen LogP contribution in [0.3, 0.4) is 0 Å². The molecule has 3 heteroatoms. The molecule has 10 heavy (non-hydrogen) atoms. The van der Waals surface area contributed by atoms with Crippen molar-refractivity contribution < 1.29 is 9.52 Å². The second kappa shape index (κ2) is 2.86. The average molecular weight is 141 g/mol. The van der Waals surface area contributed by atoms with Crippen molar-refractivity contribution in [3.05, 3.63) is 24.2 Å². The number of aliphatic hydroxyl groups is 1. The Morgan fingerprint density at radius 2 is 2.40 bits per heavy atom. The Bertz CT molecular complexity index is 181. The summed E-state index contributed by atoms with van der Waals surface area (Å²) in [5, 5.41) is 9.01. The van der Waals surface area contributed by atoms with Crippen molar-refractivity contribution in [3.63, 3.8) is 0 Å². The lowest BCUT2D eigenvalue weighted by Crippen LogP contribution is -2.22. The maximum atomic E-state index is 9.01. The Morgan fingerprint density at radius 1 is 1.70 bits per heavy atom. The van der Waals surface area contributed by atoms with Gasteiger partial charge in [0.05, 0.1) is 18.4 Å². The highest BCUT2D eigenvalue weighted by Gasteiger charge is 2.13. The first-order valence-corrected chi connectivity index (χ1v) is 3.19. The zero-order chi connectivity index (χ0) is 7.56. The summed E-state index contributed by atoms with van der Waals surface area (Å²) in [7, 11) is 0. The molecule has 0 amide bonds. The first-order chi connectivity index (χ1) is 4.72. The van der Waals surface area contributed by atoms with E-state index in [0.29, 0.717) is 5.76 Å². The predicted molar refractivity (Wildman–Crippen MR) is 37.3 cm³/mol. The summed E-state index contributed by atoms with van der Waals surface area (Å²) < 4.78 is 4.97. The van der Waals surface area contributed by atoms with Gasteiger partial charge in [-0.3, -0.25) is 0 Å². The third-order valence-electron chi connectivity index (χ3n) is 1.39. The molecule has 0 aromatic carbocycles. The maximum absolute atomic E-state index is 9.01. The van der Waals surface area contributed by atoms with E-state index in [2.05, 4.69) is 0 Å². The Hall–Kier alpha value is -0.800. The SMILES string of the molecule is C[C@@H](O)[C@@H](N)c1ccco1. The molecule has 1 aromatic heterocycles. The van der Waals surface area contributed by atoms with E-state index in [1.807, 2.05) is 0 Å². The number of hydrogen-bond donors (Lipinski definition) is 2. The molecule has 0 aliphatic heterocycles. The molecule has 2 atom stereocenters. The van der Waals surface area contributed by atoms with Gasteiger partial charge in [-0.15, -0.1) is 0 Å². The zero-order valence-electron chi connectivity index (χ0n) is 5.82. The summed E-state index contributed by atoms with van der Waals surface area (Å²) in [5.74, 6) is 0.620. The van der Waals surface area contributed by atoms with Crippen LogP contribution in [-0.4, -0.2) is 11.2 Å². The van der Waals surface area contributed by atoms with Crippen LogP contribution >= 0.6 is 0 Å². The van der Waals surface area contributed by atoms with Crippen molar-refractivity contribution in [1.82, 2.24) is 0 Å². The lowest BCUT2D eigenvalue weighted by atomic mass is 10.1. The molecule has 1 aromatic rings. The molecule has 56 valence electrons. The van der Waals surface area contributed by atoms with Crippen LogP contribution in [0.1, 0.15) is 18.7 Å². The Labute approximate surface area is 59.5 Å². The van der Waals surface area contributed by atoms with Gasteiger partial charge in [-0.2, -0.15) is 0 Å². The number of furan rings is 1. The third-order valence-corrected chi connectivity index (χ3v) is 1.39. The summed E-state index contributed by atoms with van der Waals surface area (Å²) in [6.07, 6.45) is 0.976. The van der Waals surface area contributed by atoms with Gasteiger partial charge in [0.25, 0.3) is 0 Å². The van der Waals surface area contributed by atoms with Gasteiger partial charge in [0, 0.05) is 0 Å². The van der Waals surface area contributed by atoms with Gasteiger partial charge in [-0.05, 0) is 19.1 Å². The molecule has 3 nitrogen and oxygen atoms in total. The molecular weight excluding hydrogens is 130 g/mol. The van der Waals surface area contributed by atoms with Gasteiger partial charge in [-0.1, -0.05) is 0 Å². The van der Waals surface area contributed by atoms with Gasteiger partial charge in [0.2, 0.25) is 0 Å². The van der Waals surface area contributed by atoms with Crippen LogP contribution in [0.2, 0.25) is 0 Å². The van der Waals surface area contributed by atoms with Crippen molar-refractivity contribution in [1.29, 1.82) is 0 Å². The summed E-state index contributed by atoms with van der Waals surface area (Å²) in [6, 6.07) is 3.09. The van der Waals surface area contributed by atoms with E-state index in [0.717, 1.165) is 0 Å². The molecule has 0 radical (unpaired) electrons. The maximum Gasteiger partial charge on any atom is 0.123 e. The summed E-state index contributed by atoms with van der Waals surface area (Å²) in [5.41, 5.74) is 5.54. The molecule has 1 heterocycles. The second-order valence-electron chi connectivity index (χ2n) is 2.28. The number of aliphatic hydroxyl groups excluding tert-OH is 1. The predicted octanol–water partition coefficient (Wildman–Crippen LogP) is 0.660. The largest absolute Gasteiger partial charge is 0.468 e. The fourth-order valence-corrected chi connectivity index (χ4v) is 0.719. The van der Waals surface area contributed by atoms with E-state index in [1.165, 1.54) is 6.26 Å². The van der Waals surface area contributed by atoms with Crippen molar-refractivity contribution in [2.75, 3.05) is 0 Å². The minimum atomic E-state index is -0.564. The minimum Gasteiger partial charge on any atom is -0.468 e. The highest BCUT2D eigenvalue weighted by Crippen LogP contribution is 2.13. The summed E-state index contributed by atoms with van der Waals surface area (Å²) >= 11 is 0. The third kappa shape index (κ3) is 1.37. The number of nitrogens with two attached hydrogens (primary N) is 1. The molecular formula is C7H11NO2. The lowest BCUT2D eigenvalue weighted by molar-refractivity contribution is 0.153. The smallest absolute Gasteiger partial charge is 0.123 e. The second-order valence-corrected chi connectivity index (χ2v) is 2.28. The van der Waals surface area contributed by atoms with Crippen LogP contribution in [0.15, 0.2) is 22.8 Å². The van der Waals surface area contributed by atoms with Crippen LogP contribution in [0, 0.1) is 0 Å². The van der Waals surface area contributed by atoms with Gasteiger partial charge in [0.15, 0.2) is 0 Å². The van der Waals surface area contributed by atoms with Crippen molar-refractivity contribution in [2.45, 2.75) is 19.1 Å². The van der Waals surface area contributed by atoms with E-state index in [4.69, 9.17) is 15.3 Å². The molecule has 0 saturated heterocycles. The van der Waals surface area contributed by atoms with Gasteiger partial charge < -0.3 is 15.3 Å². The van der Waals surface area contributed by atoms with Crippen LogP contribution < -0.4 is 5.73 Å². The topological polar surface area (TPSA) is 59.4 Å². The van der Waals surface area contributed by atoms with Crippen LogP contribution in [0.4, 0.5) is 0 Å². The van der Waals surface area contributed by atoms with Crippen molar-refractivity contribution in [3.8, 4) is 0 Å². The quantitative estimate of drug-likeness (QED) is 0.636. The highest BCUT2D eigenvalue weighted by atomic mass is 16.3. The van der Waals surface area contributed by atoms with Crippen LogP contribution in [0.5, 0.6) is 0 Å². The van der Waals surface area contributed by atoms with Gasteiger partial charge in [-0.25, -0.2) is 0 Å². The van der Waals surface area contributed by atoms with Crippen LogP contribution in [0.25, 0.3) is 0 Å². The molecule has 0 aliphatic rings. The summed E-state index contributed by atoms with van der Waals surface area (Å²) in [4.78, 5) is 0. The fourth-order valence-electron chi connectivity index (χ4n) is 0.719. The first-order valence-electron chi connectivity index (χ1n) is 3.19. The Morgan fingerprint density at radius 3 is 2.80 bits per heavy atom. The van der Waals surface area contributed by atoms with E-state index in [9.17, 15) is 0 Å². The zero-order valence-corrected chi connectivity index (χ0v) is 5.82. The van der Waals surface area contributed by atoms with E-state index >= 15 is 0 Å².